The van der Waals surface area contributed by atoms with Crippen molar-refractivity contribution in [2.75, 3.05) is 0 Å². The Labute approximate surface area is 149 Å². The van der Waals surface area contributed by atoms with Gasteiger partial charge < -0.3 is 10.2 Å². The lowest BCUT2D eigenvalue weighted by Gasteiger charge is -2.15. The molecule has 0 saturated carbocycles. The van der Waals surface area contributed by atoms with Crippen molar-refractivity contribution in [1.82, 2.24) is 0 Å². The molecule has 130 valence electrons. The molecule has 0 unspecified atom stereocenters. The van der Waals surface area contributed by atoms with Gasteiger partial charge in [0.05, 0.1) is 5.56 Å². The van der Waals surface area contributed by atoms with Crippen LogP contribution in [0.2, 0.25) is 0 Å². The van der Waals surface area contributed by atoms with Crippen LogP contribution in [0.4, 0.5) is 0 Å². The summed E-state index contributed by atoms with van der Waals surface area (Å²) in [6.45, 7) is 10.9. The summed E-state index contributed by atoms with van der Waals surface area (Å²) in [5.74, 6) is -0.0578. The first-order valence-electron chi connectivity index (χ1n) is 8.36. The molecule has 2 rings (SSSR count). The largest absolute Gasteiger partial charge is 0.507 e. The average Bonchev–Trinajstić information content (AvgIpc) is 2.58. The van der Waals surface area contributed by atoms with Crippen molar-refractivity contribution >= 4 is 5.78 Å². The molecule has 0 aliphatic rings. The standard InChI is InChI=1S/C22H24O3/c1-5-8-16-10-15(7-3)11-20(22(16)25)18-12-17(9-6-2)21(24)19(13-18)14(4)23/h5-6,10-13,24-25H,1-2,7-9H2,3-4H3. The van der Waals surface area contributed by atoms with Crippen molar-refractivity contribution in [3.8, 4) is 22.6 Å². The van der Waals surface area contributed by atoms with Crippen LogP contribution in [0.1, 0.15) is 40.9 Å². The number of carbonyl (C=O) groups is 1. The van der Waals surface area contributed by atoms with E-state index < -0.39 is 0 Å². The second kappa shape index (κ2) is 7.84. The topological polar surface area (TPSA) is 57.5 Å². The summed E-state index contributed by atoms with van der Waals surface area (Å²) in [7, 11) is 0. The Morgan fingerprint density at radius 3 is 2.12 bits per heavy atom. The molecule has 3 nitrogen and oxygen atoms in total. The normalized spacial score (nSPS) is 10.5. The zero-order valence-corrected chi connectivity index (χ0v) is 14.8. The molecule has 2 aromatic carbocycles. The minimum absolute atomic E-state index is 0.0198. The number of aryl methyl sites for hydroxylation is 1. The number of allylic oxidation sites excluding steroid dienone is 2. The zero-order chi connectivity index (χ0) is 18.6. The molecule has 0 atom stereocenters. The molecule has 0 aromatic heterocycles. The number of phenols is 2. The highest BCUT2D eigenvalue weighted by atomic mass is 16.3. The van der Waals surface area contributed by atoms with Gasteiger partial charge in [-0.25, -0.2) is 0 Å². The number of Topliss-reactive ketones (excluding diaryl/α,β-unsaturated/α-hetero) is 1. The molecular formula is C22H24O3. The summed E-state index contributed by atoms with van der Waals surface area (Å²) in [6, 6.07) is 7.33. The summed E-state index contributed by atoms with van der Waals surface area (Å²) >= 11 is 0. The van der Waals surface area contributed by atoms with Crippen LogP contribution in [0.25, 0.3) is 11.1 Å². The van der Waals surface area contributed by atoms with E-state index in [-0.39, 0.29) is 22.8 Å². The van der Waals surface area contributed by atoms with Crippen molar-refractivity contribution in [2.24, 2.45) is 0 Å². The molecule has 0 saturated heterocycles. The molecular weight excluding hydrogens is 312 g/mol. The Balaban J connectivity index is 2.76. The Morgan fingerprint density at radius 1 is 1.00 bits per heavy atom. The highest BCUT2D eigenvalue weighted by Crippen LogP contribution is 2.38. The lowest BCUT2D eigenvalue weighted by Crippen LogP contribution is -1.99. The summed E-state index contributed by atoms with van der Waals surface area (Å²) < 4.78 is 0. The maximum absolute atomic E-state index is 11.9. The lowest BCUT2D eigenvalue weighted by atomic mass is 9.92. The minimum Gasteiger partial charge on any atom is -0.507 e. The number of benzene rings is 2. The van der Waals surface area contributed by atoms with Gasteiger partial charge in [-0.05, 0) is 66.6 Å². The number of phenolic OH excluding ortho intramolecular Hbond substituents is 2. The second-order valence-corrected chi connectivity index (χ2v) is 6.08. The quantitative estimate of drug-likeness (QED) is 0.553. The predicted octanol–water partition coefficient (Wildman–Crippen LogP) is 4.99. The van der Waals surface area contributed by atoms with Crippen molar-refractivity contribution in [3.05, 3.63) is 71.8 Å². The average molecular weight is 336 g/mol. The van der Waals surface area contributed by atoms with Crippen molar-refractivity contribution in [1.29, 1.82) is 0 Å². The molecule has 0 aliphatic carbocycles. The van der Waals surface area contributed by atoms with Gasteiger partial charge in [0.1, 0.15) is 11.5 Å². The van der Waals surface area contributed by atoms with Gasteiger partial charge in [-0.15, -0.1) is 13.2 Å². The monoisotopic (exact) mass is 336 g/mol. The van der Waals surface area contributed by atoms with E-state index in [0.717, 1.165) is 17.5 Å². The molecule has 0 fully saturated rings. The van der Waals surface area contributed by atoms with E-state index in [1.807, 2.05) is 12.1 Å². The third-order valence-corrected chi connectivity index (χ3v) is 4.26. The maximum Gasteiger partial charge on any atom is 0.163 e. The Hall–Kier alpha value is -2.81. The summed E-state index contributed by atoms with van der Waals surface area (Å²) in [5.41, 5.74) is 4.12. The fourth-order valence-electron chi connectivity index (χ4n) is 2.93. The highest BCUT2D eigenvalue weighted by Gasteiger charge is 2.17. The van der Waals surface area contributed by atoms with Crippen molar-refractivity contribution in [3.63, 3.8) is 0 Å². The van der Waals surface area contributed by atoms with E-state index in [4.69, 9.17) is 0 Å². The van der Waals surface area contributed by atoms with E-state index in [2.05, 4.69) is 20.1 Å². The molecule has 2 aromatic rings. The van der Waals surface area contributed by atoms with Gasteiger partial charge >= 0.3 is 0 Å². The molecule has 0 bridgehead atoms. The number of rotatable bonds is 7. The van der Waals surface area contributed by atoms with E-state index in [9.17, 15) is 15.0 Å². The van der Waals surface area contributed by atoms with E-state index >= 15 is 0 Å². The van der Waals surface area contributed by atoms with Crippen LogP contribution in [-0.2, 0) is 19.3 Å². The van der Waals surface area contributed by atoms with Gasteiger partial charge in [-0.3, -0.25) is 4.79 Å². The van der Waals surface area contributed by atoms with Gasteiger partial charge in [0.25, 0.3) is 0 Å². The first-order valence-corrected chi connectivity index (χ1v) is 8.36. The van der Waals surface area contributed by atoms with Gasteiger partial charge in [-0.2, -0.15) is 0 Å². The van der Waals surface area contributed by atoms with E-state index in [1.54, 1.807) is 24.3 Å². The Morgan fingerprint density at radius 2 is 1.60 bits per heavy atom. The van der Waals surface area contributed by atoms with Crippen molar-refractivity contribution in [2.45, 2.75) is 33.1 Å². The Kier molecular flexibility index (Phi) is 5.81. The molecule has 2 N–H and O–H groups in total. The summed E-state index contributed by atoms with van der Waals surface area (Å²) in [6.07, 6.45) is 5.25. The third kappa shape index (κ3) is 3.82. The third-order valence-electron chi connectivity index (χ3n) is 4.26. The maximum atomic E-state index is 11.9. The number of aromatic hydroxyl groups is 2. The number of ketones is 1. The van der Waals surface area contributed by atoms with Crippen molar-refractivity contribution < 1.29 is 15.0 Å². The Bertz CT molecular complexity index is 832. The molecule has 25 heavy (non-hydrogen) atoms. The fourth-order valence-corrected chi connectivity index (χ4v) is 2.93. The highest BCUT2D eigenvalue weighted by molar-refractivity contribution is 5.98. The SMILES string of the molecule is C=CCc1cc(-c2cc(CC)cc(CC=C)c2O)cc(C(C)=O)c1O. The second-order valence-electron chi connectivity index (χ2n) is 6.08. The summed E-state index contributed by atoms with van der Waals surface area (Å²) in [5, 5.41) is 21.0. The molecule has 0 amide bonds. The van der Waals surface area contributed by atoms with Crippen LogP contribution in [0.5, 0.6) is 11.5 Å². The minimum atomic E-state index is -0.220. The number of hydrogen-bond acceptors (Lipinski definition) is 3. The van der Waals surface area contributed by atoms with Crippen LogP contribution in [0.15, 0.2) is 49.6 Å². The predicted molar refractivity (Wildman–Crippen MR) is 102 cm³/mol. The van der Waals surface area contributed by atoms with Gasteiger partial charge in [0.2, 0.25) is 0 Å². The lowest BCUT2D eigenvalue weighted by molar-refractivity contribution is 0.101. The van der Waals surface area contributed by atoms with Crippen LogP contribution in [-0.4, -0.2) is 16.0 Å². The number of carbonyl (C=O) groups excluding carboxylic acids is 1. The first kappa shape index (κ1) is 18.5. The molecule has 0 radical (unpaired) electrons. The van der Waals surface area contributed by atoms with E-state index in [0.29, 0.717) is 29.5 Å². The van der Waals surface area contributed by atoms with Gasteiger partial charge in [-0.1, -0.05) is 25.1 Å². The van der Waals surface area contributed by atoms with Gasteiger partial charge in [0, 0.05) is 5.56 Å². The van der Waals surface area contributed by atoms with E-state index in [1.165, 1.54) is 6.92 Å². The zero-order valence-electron chi connectivity index (χ0n) is 14.8. The summed E-state index contributed by atoms with van der Waals surface area (Å²) in [4.78, 5) is 11.9. The molecule has 0 heterocycles. The fraction of sp³-hybridized carbons (Fsp3) is 0.227. The smallest absolute Gasteiger partial charge is 0.163 e. The van der Waals surface area contributed by atoms with Crippen LogP contribution in [0.3, 0.4) is 0 Å². The first-order chi connectivity index (χ1) is 11.9. The molecule has 0 spiro atoms. The van der Waals surface area contributed by atoms with Crippen LogP contribution >= 0.6 is 0 Å². The van der Waals surface area contributed by atoms with Crippen LogP contribution in [0, 0.1) is 0 Å². The van der Waals surface area contributed by atoms with Gasteiger partial charge in [0.15, 0.2) is 5.78 Å². The van der Waals surface area contributed by atoms with Crippen LogP contribution < -0.4 is 0 Å². The number of hydrogen-bond donors (Lipinski definition) is 2. The molecule has 3 heteroatoms. The molecule has 0 aliphatic heterocycles.